The van der Waals surface area contributed by atoms with Crippen LogP contribution in [0.15, 0.2) is 53.1 Å². The van der Waals surface area contributed by atoms with E-state index in [0.717, 1.165) is 35.7 Å². The van der Waals surface area contributed by atoms with Crippen molar-refractivity contribution >= 4 is 17.5 Å². The molecular formula is C21H23N5O2. The van der Waals surface area contributed by atoms with Gasteiger partial charge in [-0.1, -0.05) is 6.07 Å². The minimum atomic E-state index is -0.0658. The molecule has 7 heteroatoms. The quantitative estimate of drug-likeness (QED) is 0.753. The van der Waals surface area contributed by atoms with Gasteiger partial charge in [0.1, 0.15) is 5.69 Å². The first-order chi connectivity index (χ1) is 13.6. The highest BCUT2D eigenvalue weighted by Gasteiger charge is 2.22. The van der Waals surface area contributed by atoms with E-state index >= 15 is 0 Å². The van der Waals surface area contributed by atoms with Crippen LogP contribution in [-0.2, 0) is 0 Å². The van der Waals surface area contributed by atoms with Crippen LogP contribution >= 0.6 is 0 Å². The number of benzene rings is 1. The molecular weight excluding hydrogens is 354 g/mol. The minimum Gasteiger partial charge on any atom is -0.463 e. The molecule has 144 valence electrons. The zero-order valence-electron chi connectivity index (χ0n) is 16.1. The summed E-state index contributed by atoms with van der Waals surface area (Å²) >= 11 is 0. The van der Waals surface area contributed by atoms with E-state index in [-0.39, 0.29) is 6.03 Å². The molecule has 1 aliphatic rings. The van der Waals surface area contributed by atoms with Crippen LogP contribution in [0.3, 0.4) is 0 Å². The summed E-state index contributed by atoms with van der Waals surface area (Å²) in [6.07, 6.45) is 1.62. The van der Waals surface area contributed by atoms with Crippen LogP contribution in [0, 0.1) is 13.8 Å². The van der Waals surface area contributed by atoms with E-state index in [1.54, 1.807) is 6.26 Å². The molecule has 0 aliphatic carbocycles. The van der Waals surface area contributed by atoms with Crippen LogP contribution in [-0.4, -0.2) is 47.3 Å². The maximum atomic E-state index is 12.6. The molecule has 4 rings (SSSR count). The Morgan fingerprint density at radius 2 is 1.75 bits per heavy atom. The topological polar surface area (TPSA) is 74.5 Å². The third kappa shape index (κ3) is 3.98. The predicted octanol–water partition coefficient (Wildman–Crippen LogP) is 3.71. The van der Waals surface area contributed by atoms with Crippen molar-refractivity contribution in [3.63, 3.8) is 0 Å². The number of carbonyl (C=O) groups is 1. The number of piperazine rings is 1. The van der Waals surface area contributed by atoms with Crippen molar-refractivity contribution < 1.29 is 9.21 Å². The number of hydrogen-bond acceptors (Lipinski definition) is 5. The SMILES string of the molecule is Cc1cc(C)cc(NC(=O)N2CCN(c3ccc(-c4ccco4)nn3)CC2)c1. The number of furan rings is 1. The molecule has 0 unspecified atom stereocenters. The molecule has 2 amide bonds. The molecule has 2 aromatic heterocycles. The van der Waals surface area contributed by atoms with Crippen LogP contribution in [0.5, 0.6) is 0 Å². The number of nitrogens with one attached hydrogen (secondary N) is 1. The molecule has 1 aliphatic heterocycles. The van der Waals surface area contributed by atoms with Gasteiger partial charge in [-0.25, -0.2) is 4.79 Å². The molecule has 0 bridgehead atoms. The second kappa shape index (κ2) is 7.72. The van der Waals surface area contributed by atoms with E-state index < -0.39 is 0 Å². The number of rotatable bonds is 3. The van der Waals surface area contributed by atoms with Crippen molar-refractivity contribution in [3.8, 4) is 11.5 Å². The van der Waals surface area contributed by atoms with E-state index in [1.165, 1.54) is 0 Å². The Hall–Kier alpha value is -3.35. The van der Waals surface area contributed by atoms with Gasteiger partial charge < -0.3 is 19.5 Å². The van der Waals surface area contributed by atoms with Crippen LogP contribution in [0.1, 0.15) is 11.1 Å². The molecule has 1 aromatic carbocycles. The second-order valence-corrected chi connectivity index (χ2v) is 7.03. The Morgan fingerprint density at radius 3 is 2.36 bits per heavy atom. The molecule has 1 N–H and O–H groups in total. The van der Waals surface area contributed by atoms with E-state index in [4.69, 9.17) is 4.42 Å². The lowest BCUT2D eigenvalue weighted by molar-refractivity contribution is 0.208. The van der Waals surface area contributed by atoms with Crippen molar-refractivity contribution in [1.82, 2.24) is 15.1 Å². The highest BCUT2D eigenvalue weighted by molar-refractivity contribution is 5.89. The summed E-state index contributed by atoms with van der Waals surface area (Å²) in [5.74, 6) is 1.51. The average Bonchev–Trinajstić information content (AvgIpc) is 3.22. The summed E-state index contributed by atoms with van der Waals surface area (Å²) in [5.41, 5.74) is 3.82. The fraction of sp³-hybridized carbons (Fsp3) is 0.286. The van der Waals surface area contributed by atoms with Crippen molar-refractivity contribution in [2.75, 3.05) is 36.4 Å². The lowest BCUT2D eigenvalue weighted by Gasteiger charge is -2.35. The largest absolute Gasteiger partial charge is 0.463 e. The minimum absolute atomic E-state index is 0.0658. The Balaban J connectivity index is 1.34. The Bertz CT molecular complexity index is 925. The average molecular weight is 377 g/mol. The summed E-state index contributed by atoms with van der Waals surface area (Å²) in [7, 11) is 0. The maximum Gasteiger partial charge on any atom is 0.321 e. The zero-order valence-corrected chi connectivity index (χ0v) is 16.1. The Labute approximate surface area is 164 Å². The van der Waals surface area contributed by atoms with Crippen LogP contribution < -0.4 is 10.2 Å². The Morgan fingerprint density at radius 1 is 1.00 bits per heavy atom. The number of urea groups is 1. The van der Waals surface area contributed by atoms with Gasteiger partial charge in [0.25, 0.3) is 0 Å². The van der Waals surface area contributed by atoms with Crippen LogP contribution in [0.4, 0.5) is 16.3 Å². The first kappa shape index (κ1) is 18.0. The van der Waals surface area contributed by atoms with Gasteiger partial charge in [-0.15, -0.1) is 10.2 Å². The summed E-state index contributed by atoms with van der Waals surface area (Å²) in [4.78, 5) is 16.5. The van der Waals surface area contributed by atoms with Crippen LogP contribution in [0.2, 0.25) is 0 Å². The van der Waals surface area contributed by atoms with E-state index in [0.29, 0.717) is 24.5 Å². The summed E-state index contributed by atoms with van der Waals surface area (Å²) < 4.78 is 5.34. The predicted molar refractivity (Wildman–Crippen MR) is 108 cm³/mol. The summed E-state index contributed by atoms with van der Waals surface area (Å²) in [6.45, 7) is 6.76. The third-order valence-corrected chi connectivity index (χ3v) is 4.79. The number of carbonyl (C=O) groups excluding carboxylic acids is 1. The normalized spacial score (nSPS) is 14.2. The van der Waals surface area contributed by atoms with Gasteiger partial charge in [-0.2, -0.15) is 0 Å². The molecule has 28 heavy (non-hydrogen) atoms. The fourth-order valence-electron chi connectivity index (χ4n) is 3.44. The van der Waals surface area contributed by atoms with Crippen molar-refractivity contribution in [3.05, 3.63) is 59.9 Å². The molecule has 1 fully saturated rings. The molecule has 0 atom stereocenters. The molecule has 7 nitrogen and oxygen atoms in total. The zero-order chi connectivity index (χ0) is 19.5. The van der Waals surface area contributed by atoms with E-state index in [1.807, 2.05) is 55.1 Å². The summed E-state index contributed by atoms with van der Waals surface area (Å²) in [5, 5.41) is 11.6. The highest BCUT2D eigenvalue weighted by Crippen LogP contribution is 2.20. The smallest absolute Gasteiger partial charge is 0.321 e. The molecule has 1 saturated heterocycles. The number of hydrogen-bond donors (Lipinski definition) is 1. The van der Waals surface area contributed by atoms with Gasteiger partial charge in [-0.3, -0.25) is 0 Å². The van der Waals surface area contributed by atoms with Gasteiger partial charge >= 0.3 is 6.03 Å². The Kier molecular flexibility index (Phi) is 4.97. The standard InChI is InChI=1S/C21H23N5O2/c1-15-12-16(2)14-17(13-15)22-21(27)26-9-7-25(8-10-26)20-6-5-18(23-24-20)19-4-3-11-28-19/h3-6,11-14H,7-10H2,1-2H3,(H,22,27). The van der Waals surface area contributed by atoms with Gasteiger partial charge in [0.05, 0.1) is 6.26 Å². The van der Waals surface area contributed by atoms with Crippen molar-refractivity contribution in [2.24, 2.45) is 0 Å². The van der Waals surface area contributed by atoms with E-state index in [9.17, 15) is 4.79 Å². The third-order valence-electron chi connectivity index (χ3n) is 4.79. The maximum absolute atomic E-state index is 12.6. The number of nitrogens with zero attached hydrogens (tertiary/aromatic N) is 4. The molecule has 0 radical (unpaired) electrons. The van der Waals surface area contributed by atoms with Crippen LogP contribution in [0.25, 0.3) is 11.5 Å². The number of aromatic nitrogens is 2. The van der Waals surface area contributed by atoms with Gasteiger partial charge in [0.15, 0.2) is 11.6 Å². The monoisotopic (exact) mass is 377 g/mol. The van der Waals surface area contributed by atoms with Gasteiger partial charge in [0.2, 0.25) is 0 Å². The second-order valence-electron chi connectivity index (χ2n) is 7.03. The number of anilines is 2. The summed E-state index contributed by atoms with van der Waals surface area (Å²) in [6, 6.07) is 13.5. The van der Waals surface area contributed by atoms with Crippen molar-refractivity contribution in [2.45, 2.75) is 13.8 Å². The van der Waals surface area contributed by atoms with Gasteiger partial charge in [0, 0.05) is 31.9 Å². The van der Waals surface area contributed by atoms with Gasteiger partial charge in [-0.05, 0) is 61.4 Å². The highest BCUT2D eigenvalue weighted by atomic mass is 16.3. The first-order valence-electron chi connectivity index (χ1n) is 9.35. The van der Waals surface area contributed by atoms with E-state index in [2.05, 4.69) is 26.5 Å². The first-order valence-corrected chi connectivity index (χ1v) is 9.35. The molecule has 0 saturated carbocycles. The number of aryl methyl sites for hydroxylation is 2. The molecule has 0 spiro atoms. The lowest BCUT2D eigenvalue weighted by Crippen LogP contribution is -2.50. The molecule has 3 heterocycles. The molecule has 3 aromatic rings. The number of amides is 2. The fourth-order valence-corrected chi connectivity index (χ4v) is 3.44. The lowest BCUT2D eigenvalue weighted by atomic mass is 10.1. The van der Waals surface area contributed by atoms with Crippen molar-refractivity contribution in [1.29, 1.82) is 0 Å².